The lowest BCUT2D eigenvalue weighted by molar-refractivity contribution is 0.611. The van der Waals surface area contributed by atoms with Crippen LogP contribution in [-0.2, 0) is 12.3 Å². The van der Waals surface area contributed by atoms with E-state index in [0.717, 1.165) is 24.5 Å². The Morgan fingerprint density at radius 3 is 2.56 bits per heavy atom. The average molecular weight is 267 g/mol. The van der Waals surface area contributed by atoms with Crippen LogP contribution in [0.25, 0.3) is 0 Å². The first-order chi connectivity index (χ1) is 8.78. The Kier molecular flexibility index (Phi) is 4.87. The molecule has 18 heavy (non-hydrogen) atoms. The van der Waals surface area contributed by atoms with Crippen molar-refractivity contribution in [2.75, 3.05) is 11.4 Å². The molecule has 1 saturated carbocycles. The smallest absolute Gasteiger partial charge is 0.129 e. The van der Waals surface area contributed by atoms with Crippen LogP contribution in [0.2, 0.25) is 0 Å². The van der Waals surface area contributed by atoms with E-state index < -0.39 is 0 Å². The van der Waals surface area contributed by atoms with E-state index in [9.17, 15) is 0 Å². The van der Waals surface area contributed by atoms with Gasteiger partial charge in [-0.05, 0) is 43.9 Å². The second kappa shape index (κ2) is 6.42. The number of halogens is 1. The molecule has 3 heteroatoms. The molecule has 0 saturated heterocycles. The van der Waals surface area contributed by atoms with Crippen molar-refractivity contribution in [3.8, 4) is 0 Å². The van der Waals surface area contributed by atoms with Crippen molar-refractivity contribution in [3.05, 3.63) is 23.4 Å². The lowest BCUT2D eigenvalue weighted by Gasteiger charge is -2.29. The predicted molar refractivity (Wildman–Crippen MR) is 78.4 cm³/mol. The van der Waals surface area contributed by atoms with E-state index in [1.54, 1.807) is 0 Å². The van der Waals surface area contributed by atoms with Gasteiger partial charge in [0.2, 0.25) is 0 Å². The van der Waals surface area contributed by atoms with Crippen LogP contribution >= 0.6 is 11.6 Å². The first-order valence-corrected chi connectivity index (χ1v) is 7.64. The largest absolute Gasteiger partial charge is 0.354 e. The summed E-state index contributed by atoms with van der Waals surface area (Å²) in [6.07, 6.45) is 6.30. The monoisotopic (exact) mass is 266 g/mol. The zero-order chi connectivity index (χ0) is 13.0. The maximum Gasteiger partial charge on any atom is 0.129 e. The summed E-state index contributed by atoms with van der Waals surface area (Å²) >= 11 is 5.99. The van der Waals surface area contributed by atoms with Crippen LogP contribution in [0, 0.1) is 0 Å². The van der Waals surface area contributed by atoms with Gasteiger partial charge in [0, 0.05) is 24.2 Å². The highest BCUT2D eigenvalue weighted by molar-refractivity contribution is 6.17. The Labute approximate surface area is 115 Å². The second-order valence-corrected chi connectivity index (χ2v) is 5.30. The molecule has 1 aromatic heterocycles. The van der Waals surface area contributed by atoms with Gasteiger partial charge in [-0.1, -0.05) is 19.8 Å². The van der Waals surface area contributed by atoms with Crippen LogP contribution in [0.15, 0.2) is 12.1 Å². The molecule has 100 valence electrons. The van der Waals surface area contributed by atoms with Crippen LogP contribution < -0.4 is 4.90 Å². The van der Waals surface area contributed by atoms with Gasteiger partial charge in [-0.2, -0.15) is 0 Å². The van der Waals surface area contributed by atoms with Crippen molar-refractivity contribution in [2.24, 2.45) is 0 Å². The standard InChI is InChI=1S/C15H23ClN2/c1-3-13-9-12(11-16)10-15(17-13)18(4-2)14-7-5-6-8-14/h9-10,14H,3-8,11H2,1-2H3. The summed E-state index contributed by atoms with van der Waals surface area (Å²) in [6.45, 7) is 5.40. The number of hydrogen-bond donors (Lipinski definition) is 0. The SMILES string of the molecule is CCc1cc(CCl)cc(N(CC)C2CCCC2)n1. The molecule has 0 radical (unpaired) electrons. The van der Waals surface area contributed by atoms with Gasteiger partial charge in [0.15, 0.2) is 0 Å². The third-order valence-electron chi connectivity index (χ3n) is 3.84. The third-order valence-corrected chi connectivity index (χ3v) is 4.15. The molecule has 1 fully saturated rings. The van der Waals surface area contributed by atoms with E-state index in [-0.39, 0.29) is 0 Å². The summed E-state index contributed by atoms with van der Waals surface area (Å²) in [6, 6.07) is 4.96. The summed E-state index contributed by atoms with van der Waals surface area (Å²) in [5.41, 5.74) is 2.34. The average Bonchev–Trinajstić information content (AvgIpc) is 2.93. The Hall–Kier alpha value is -0.760. The van der Waals surface area contributed by atoms with Crippen LogP contribution in [0.4, 0.5) is 5.82 Å². The fourth-order valence-electron chi connectivity index (χ4n) is 2.86. The Morgan fingerprint density at radius 2 is 2.00 bits per heavy atom. The summed E-state index contributed by atoms with van der Waals surface area (Å²) < 4.78 is 0. The zero-order valence-electron chi connectivity index (χ0n) is 11.5. The van der Waals surface area contributed by atoms with Crippen molar-refractivity contribution in [3.63, 3.8) is 0 Å². The summed E-state index contributed by atoms with van der Waals surface area (Å²) in [5.74, 6) is 1.70. The second-order valence-electron chi connectivity index (χ2n) is 5.04. The highest BCUT2D eigenvalue weighted by Gasteiger charge is 2.22. The highest BCUT2D eigenvalue weighted by Crippen LogP contribution is 2.28. The number of aryl methyl sites for hydroxylation is 1. The van der Waals surface area contributed by atoms with Crippen LogP contribution in [-0.4, -0.2) is 17.6 Å². The molecule has 0 N–H and O–H groups in total. The Morgan fingerprint density at radius 1 is 1.28 bits per heavy atom. The molecule has 1 aliphatic rings. The van der Waals surface area contributed by atoms with Gasteiger partial charge in [0.05, 0.1) is 0 Å². The lowest BCUT2D eigenvalue weighted by atomic mass is 10.1. The van der Waals surface area contributed by atoms with Crippen molar-refractivity contribution in [1.29, 1.82) is 0 Å². The molecule has 1 heterocycles. The van der Waals surface area contributed by atoms with Crippen molar-refractivity contribution in [2.45, 2.75) is 57.9 Å². The van der Waals surface area contributed by atoms with Crippen molar-refractivity contribution in [1.82, 2.24) is 4.98 Å². The highest BCUT2D eigenvalue weighted by atomic mass is 35.5. The molecular formula is C15H23ClN2. The summed E-state index contributed by atoms with van der Waals surface area (Å²) in [7, 11) is 0. The maximum atomic E-state index is 5.99. The number of aromatic nitrogens is 1. The fourth-order valence-corrected chi connectivity index (χ4v) is 3.02. The number of anilines is 1. The summed E-state index contributed by atoms with van der Waals surface area (Å²) in [4.78, 5) is 7.24. The van der Waals surface area contributed by atoms with E-state index in [1.165, 1.54) is 31.2 Å². The molecule has 2 nitrogen and oxygen atoms in total. The topological polar surface area (TPSA) is 16.1 Å². The molecule has 0 unspecified atom stereocenters. The molecule has 0 atom stereocenters. The van der Waals surface area contributed by atoms with E-state index in [1.807, 2.05) is 0 Å². The quantitative estimate of drug-likeness (QED) is 0.745. The lowest BCUT2D eigenvalue weighted by Crippen LogP contribution is -2.33. The van der Waals surface area contributed by atoms with Crippen LogP contribution in [0.1, 0.15) is 50.8 Å². The predicted octanol–water partition coefficient (Wildman–Crippen LogP) is 4.15. The minimum Gasteiger partial charge on any atom is -0.354 e. The van der Waals surface area contributed by atoms with E-state index in [4.69, 9.17) is 16.6 Å². The summed E-state index contributed by atoms with van der Waals surface area (Å²) in [5, 5.41) is 0. The van der Waals surface area contributed by atoms with Gasteiger partial charge in [0.25, 0.3) is 0 Å². The van der Waals surface area contributed by atoms with Crippen molar-refractivity contribution >= 4 is 17.4 Å². The number of pyridine rings is 1. The normalized spacial score (nSPS) is 16.2. The molecular weight excluding hydrogens is 244 g/mol. The van der Waals surface area contributed by atoms with Crippen LogP contribution in [0.3, 0.4) is 0 Å². The number of alkyl halides is 1. The third kappa shape index (κ3) is 2.97. The first kappa shape index (κ1) is 13.7. The minimum absolute atomic E-state index is 0.574. The maximum absolute atomic E-state index is 5.99. The van der Waals surface area contributed by atoms with E-state index in [2.05, 4.69) is 30.9 Å². The molecule has 1 aliphatic carbocycles. The molecule has 1 aromatic rings. The molecule has 0 aliphatic heterocycles. The van der Waals surface area contributed by atoms with E-state index >= 15 is 0 Å². The Bertz CT molecular complexity index is 364. The fraction of sp³-hybridized carbons (Fsp3) is 0.667. The molecule has 0 aromatic carbocycles. The zero-order valence-corrected chi connectivity index (χ0v) is 12.2. The number of rotatable bonds is 5. The van der Waals surface area contributed by atoms with Gasteiger partial charge in [-0.3, -0.25) is 0 Å². The molecule has 0 amide bonds. The minimum atomic E-state index is 0.574. The van der Waals surface area contributed by atoms with Gasteiger partial charge in [0.1, 0.15) is 5.82 Å². The number of nitrogens with zero attached hydrogens (tertiary/aromatic N) is 2. The van der Waals surface area contributed by atoms with Gasteiger partial charge in [-0.25, -0.2) is 4.98 Å². The molecule has 2 rings (SSSR count). The van der Waals surface area contributed by atoms with Gasteiger partial charge >= 0.3 is 0 Å². The Balaban J connectivity index is 2.28. The van der Waals surface area contributed by atoms with Gasteiger partial charge in [-0.15, -0.1) is 11.6 Å². The molecule has 0 bridgehead atoms. The number of hydrogen-bond acceptors (Lipinski definition) is 2. The molecule has 0 spiro atoms. The van der Waals surface area contributed by atoms with E-state index in [0.29, 0.717) is 11.9 Å². The van der Waals surface area contributed by atoms with Gasteiger partial charge < -0.3 is 4.90 Å². The first-order valence-electron chi connectivity index (χ1n) is 7.11. The van der Waals surface area contributed by atoms with Crippen LogP contribution in [0.5, 0.6) is 0 Å². The van der Waals surface area contributed by atoms with Crippen molar-refractivity contribution < 1.29 is 0 Å².